The number of aldehydes is 1. The Morgan fingerprint density at radius 2 is 1.90 bits per heavy atom. The van der Waals surface area contributed by atoms with Gasteiger partial charge in [0.2, 0.25) is 0 Å². The number of rotatable bonds is 3. The van der Waals surface area contributed by atoms with Gasteiger partial charge < -0.3 is 9.53 Å². The van der Waals surface area contributed by atoms with Crippen LogP contribution in [-0.4, -0.2) is 29.9 Å². The van der Waals surface area contributed by atoms with Crippen molar-refractivity contribution in [3.05, 3.63) is 34.9 Å². The maximum absolute atomic E-state index is 14.1. The molecule has 1 unspecified atom stereocenters. The molecule has 0 radical (unpaired) electrons. The van der Waals surface area contributed by atoms with Gasteiger partial charge in [-0.05, 0) is 39.3 Å². The molecule has 21 heavy (non-hydrogen) atoms. The molecular formula is C15H19F2NO3. The number of carbonyl (C=O) groups excluding carboxylic acids is 2. The Morgan fingerprint density at radius 1 is 1.33 bits per heavy atom. The van der Waals surface area contributed by atoms with Crippen LogP contribution in [0, 0.1) is 18.6 Å². The molecule has 116 valence electrons. The van der Waals surface area contributed by atoms with Crippen molar-refractivity contribution in [3.8, 4) is 0 Å². The first-order valence-corrected chi connectivity index (χ1v) is 6.44. The number of halogens is 2. The van der Waals surface area contributed by atoms with Crippen LogP contribution in [0.25, 0.3) is 0 Å². The monoisotopic (exact) mass is 299 g/mol. The molecule has 0 fully saturated rings. The fourth-order valence-electron chi connectivity index (χ4n) is 1.75. The van der Waals surface area contributed by atoms with E-state index in [0.29, 0.717) is 6.29 Å². The van der Waals surface area contributed by atoms with Gasteiger partial charge in [0.15, 0.2) is 0 Å². The molecule has 0 aliphatic carbocycles. The smallest absolute Gasteiger partial charge is 0.410 e. The van der Waals surface area contributed by atoms with Crippen molar-refractivity contribution in [2.24, 2.45) is 0 Å². The Bertz CT molecular complexity index is 553. The number of amides is 1. The second-order valence-electron chi connectivity index (χ2n) is 5.76. The molecule has 1 rings (SSSR count). The lowest BCUT2D eigenvalue weighted by atomic mass is 10.0. The molecule has 4 nitrogen and oxygen atoms in total. The summed E-state index contributed by atoms with van der Waals surface area (Å²) in [5, 5.41) is 0. The normalized spacial score (nSPS) is 12.7. The standard InChI is InChI=1S/C15H19F2NO3/c1-9-6-7-10(16)12(13(9)17)11(8-19)18(5)14(20)21-15(2,3)4/h6-8,11H,1-5H3. The summed E-state index contributed by atoms with van der Waals surface area (Å²) in [6.07, 6.45) is -0.523. The number of aryl methyl sites for hydroxylation is 1. The quantitative estimate of drug-likeness (QED) is 0.804. The van der Waals surface area contributed by atoms with E-state index in [1.54, 1.807) is 20.8 Å². The SMILES string of the molecule is Cc1ccc(F)c(C(C=O)N(C)C(=O)OC(C)(C)C)c1F. The highest BCUT2D eigenvalue weighted by Crippen LogP contribution is 2.27. The molecule has 0 aliphatic heterocycles. The largest absolute Gasteiger partial charge is 0.444 e. The van der Waals surface area contributed by atoms with Gasteiger partial charge in [-0.3, -0.25) is 4.90 Å². The van der Waals surface area contributed by atoms with Crippen LogP contribution >= 0.6 is 0 Å². The Morgan fingerprint density at radius 3 is 2.38 bits per heavy atom. The summed E-state index contributed by atoms with van der Waals surface area (Å²) in [4.78, 5) is 24.1. The van der Waals surface area contributed by atoms with E-state index in [1.165, 1.54) is 20.0 Å². The number of carbonyl (C=O) groups is 2. The van der Waals surface area contributed by atoms with E-state index in [0.717, 1.165) is 11.0 Å². The second-order valence-corrected chi connectivity index (χ2v) is 5.76. The van der Waals surface area contributed by atoms with Gasteiger partial charge in [0.05, 0.1) is 5.56 Å². The van der Waals surface area contributed by atoms with Crippen LogP contribution < -0.4 is 0 Å². The Kier molecular flexibility index (Phi) is 5.04. The lowest BCUT2D eigenvalue weighted by Gasteiger charge is -2.28. The van der Waals surface area contributed by atoms with Gasteiger partial charge in [-0.2, -0.15) is 0 Å². The summed E-state index contributed by atoms with van der Waals surface area (Å²) in [5.41, 5.74) is -1.04. The average molecular weight is 299 g/mol. The van der Waals surface area contributed by atoms with Gasteiger partial charge in [-0.25, -0.2) is 13.6 Å². The zero-order chi connectivity index (χ0) is 16.4. The van der Waals surface area contributed by atoms with Crippen molar-refractivity contribution in [3.63, 3.8) is 0 Å². The van der Waals surface area contributed by atoms with Crippen LogP contribution in [0.4, 0.5) is 13.6 Å². The van der Waals surface area contributed by atoms with E-state index < -0.39 is 34.9 Å². The van der Waals surface area contributed by atoms with Crippen LogP contribution in [0.3, 0.4) is 0 Å². The maximum atomic E-state index is 14.1. The van der Waals surface area contributed by atoms with Crippen molar-refractivity contribution in [2.75, 3.05) is 7.05 Å². The minimum Gasteiger partial charge on any atom is -0.444 e. The first-order chi connectivity index (χ1) is 9.58. The molecule has 0 aromatic heterocycles. The fourth-order valence-corrected chi connectivity index (χ4v) is 1.75. The van der Waals surface area contributed by atoms with Crippen LogP contribution in [0.1, 0.15) is 37.9 Å². The average Bonchev–Trinajstić information content (AvgIpc) is 2.36. The van der Waals surface area contributed by atoms with Gasteiger partial charge in [0.25, 0.3) is 0 Å². The highest BCUT2D eigenvalue weighted by Gasteiger charge is 2.30. The summed E-state index contributed by atoms with van der Waals surface area (Å²) in [5.74, 6) is -1.73. The van der Waals surface area contributed by atoms with E-state index in [9.17, 15) is 18.4 Å². The molecular weight excluding hydrogens is 280 g/mol. The topological polar surface area (TPSA) is 46.6 Å². The maximum Gasteiger partial charge on any atom is 0.410 e. The number of likely N-dealkylation sites (N-methyl/N-ethyl adjacent to an activating group) is 1. The van der Waals surface area contributed by atoms with Gasteiger partial charge in [-0.1, -0.05) is 6.07 Å². The predicted molar refractivity (Wildman–Crippen MR) is 73.9 cm³/mol. The first-order valence-electron chi connectivity index (χ1n) is 6.44. The van der Waals surface area contributed by atoms with Crippen molar-refractivity contribution in [1.82, 2.24) is 4.90 Å². The molecule has 1 aromatic rings. The third kappa shape index (κ3) is 4.00. The van der Waals surface area contributed by atoms with E-state index in [4.69, 9.17) is 4.74 Å². The molecule has 0 N–H and O–H groups in total. The van der Waals surface area contributed by atoms with Crippen molar-refractivity contribution < 1.29 is 23.1 Å². The van der Waals surface area contributed by atoms with Gasteiger partial charge in [0.1, 0.15) is 29.6 Å². The molecule has 0 aliphatic rings. The Labute approximate surface area is 122 Å². The Hall–Kier alpha value is -1.98. The van der Waals surface area contributed by atoms with E-state index >= 15 is 0 Å². The third-order valence-corrected chi connectivity index (χ3v) is 2.84. The van der Waals surface area contributed by atoms with Crippen LogP contribution in [0.15, 0.2) is 12.1 Å². The zero-order valence-electron chi connectivity index (χ0n) is 12.7. The van der Waals surface area contributed by atoms with Crippen molar-refractivity contribution >= 4 is 12.4 Å². The summed E-state index contributed by atoms with van der Waals surface area (Å²) in [7, 11) is 1.26. The van der Waals surface area contributed by atoms with Crippen LogP contribution in [0.2, 0.25) is 0 Å². The highest BCUT2D eigenvalue weighted by atomic mass is 19.1. The van der Waals surface area contributed by atoms with Crippen LogP contribution in [0.5, 0.6) is 0 Å². The summed E-state index contributed by atoms with van der Waals surface area (Å²) in [6, 6.07) is 0.941. The number of ether oxygens (including phenoxy) is 1. The molecule has 0 heterocycles. The van der Waals surface area contributed by atoms with Crippen LogP contribution in [-0.2, 0) is 9.53 Å². The molecule has 6 heteroatoms. The zero-order valence-corrected chi connectivity index (χ0v) is 12.7. The third-order valence-electron chi connectivity index (χ3n) is 2.84. The minimum atomic E-state index is -1.39. The second kappa shape index (κ2) is 6.20. The van der Waals surface area contributed by atoms with E-state index in [1.807, 2.05) is 0 Å². The number of benzene rings is 1. The lowest BCUT2D eigenvalue weighted by Crippen LogP contribution is -2.38. The van der Waals surface area contributed by atoms with Gasteiger partial charge >= 0.3 is 6.09 Å². The van der Waals surface area contributed by atoms with Crippen molar-refractivity contribution in [1.29, 1.82) is 0 Å². The molecule has 1 atom stereocenters. The fraction of sp³-hybridized carbons (Fsp3) is 0.467. The number of hydrogen-bond acceptors (Lipinski definition) is 3. The lowest BCUT2D eigenvalue weighted by molar-refractivity contribution is -0.112. The summed E-state index contributed by atoms with van der Waals surface area (Å²) in [6.45, 7) is 6.42. The minimum absolute atomic E-state index is 0.191. The number of nitrogens with zero attached hydrogens (tertiary/aromatic N) is 1. The molecule has 1 amide bonds. The van der Waals surface area contributed by atoms with Gasteiger partial charge in [0, 0.05) is 7.05 Å². The molecule has 0 bridgehead atoms. The summed E-state index contributed by atoms with van der Waals surface area (Å²) < 4.78 is 33.0. The number of hydrogen-bond donors (Lipinski definition) is 0. The molecule has 0 saturated heterocycles. The summed E-state index contributed by atoms with van der Waals surface area (Å²) >= 11 is 0. The first kappa shape index (κ1) is 17.1. The van der Waals surface area contributed by atoms with Crippen molar-refractivity contribution in [2.45, 2.75) is 39.3 Å². The van der Waals surface area contributed by atoms with E-state index in [-0.39, 0.29) is 5.56 Å². The molecule has 0 spiro atoms. The predicted octanol–water partition coefficient (Wildman–Crippen LogP) is 3.38. The van der Waals surface area contributed by atoms with Gasteiger partial charge in [-0.15, -0.1) is 0 Å². The Balaban J connectivity index is 3.17. The molecule has 1 aromatic carbocycles. The molecule has 0 saturated carbocycles. The highest BCUT2D eigenvalue weighted by molar-refractivity contribution is 5.74. The van der Waals surface area contributed by atoms with E-state index in [2.05, 4.69) is 0 Å².